The van der Waals surface area contributed by atoms with Crippen LogP contribution in [0.5, 0.6) is 0 Å². The van der Waals surface area contributed by atoms with Crippen molar-refractivity contribution in [2.45, 2.75) is 155 Å². The highest BCUT2D eigenvalue weighted by molar-refractivity contribution is 6.03. The summed E-state index contributed by atoms with van der Waals surface area (Å²) in [7, 11) is 0. The molecule has 0 amide bonds. The quantitative estimate of drug-likeness (QED) is 0.0787. The van der Waals surface area contributed by atoms with Crippen molar-refractivity contribution in [3.05, 3.63) is 71.8 Å². The van der Waals surface area contributed by atoms with E-state index < -0.39 is 11.9 Å². The molecule has 0 bridgehead atoms. The predicted molar refractivity (Wildman–Crippen MR) is 186 cm³/mol. The van der Waals surface area contributed by atoms with E-state index in [4.69, 9.17) is 9.47 Å². The number of hydrogen-bond donors (Lipinski definition) is 0. The summed E-state index contributed by atoms with van der Waals surface area (Å²) in [6.07, 6.45) is 27.6. The normalized spacial score (nSPS) is 10.6. The van der Waals surface area contributed by atoms with Gasteiger partial charge in [0.05, 0.1) is 24.3 Å². The molecule has 2 aromatic rings. The Morgan fingerprint density at radius 2 is 0.636 bits per heavy atom. The zero-order valence-electron chi connectivity index (χ0n) is 28.4. The molecule has 0 aliphatic heterocycles. The molecule has 0 saturated carbocycles. The summed E-state index contributed by atoms with van der Waals surface area (Å²) in [6, 6.07) is 18.8. The van der Waals surface area contributed by atoms with E-state index in [0.717, 1.165) is 25.7 Å². The monoisotopic (exact) mass is 608 g/mol. The zero-order chi connectivity index (χ0) is 31.8. The van der Waals surface area contributed by atoms with Gasteiger partial charge in [-0.05, 0) is 25.0 Å². The fourth-order valence-electron chi connectivity index (χ4n) is 5.24. The van der Waals surface area contributed by atoms with Gasteiger partial charge >= 0.3 is 11.9 Å². The molecular formula is C40H64O4. The van der Waals surface area contributed by atoms with Gasteiger partial charge in [0, 0.05) is 0 Å². The van der Waals surface area contributed by atoms with Crippen molar-refractivity contribution >= 4 is 11.9 Å². The van der Waals surface area contributed by atoms with Crippen LogP contribution in [0.15, 0.2) is 60.7 Å². The van der Waals surface area contributed by atoms with Crippen molar-refractivity contribution in [2.75, 3.05) is 13.2 Å². The minimum absolute atomic E-state index is 0.305. The zero-order valence-corrected chi connectivity index (χ0v) is 28.4. The SMILES string of the molecule is CCCCCCCCCCCCCOC(=O)c1ccccc1C(=O)OCCCCCCCCCCCCC.c1ccccc1. The predicted octanol–water partition coefficient (Wildman–Crippen LogP) is 12.3. The number of benzene rings is 2. The second-order valence-corrected chi connectivity index (χ2v) is 12.0. The molecule has 0 heterocycles. The maximum absolute atomic E-state index is 12.6. The lowest BCUT2D eigenvalue weighted by Crippen LogP contribution is -2.15. The van der Waals surface area contributed by atoms with Crippen LogP contribution in [0.2, 0.25) is 0 Å². The molecule has 248 valence electrons. The molecule has 0 N–H and O–H groups in total. The Bertz CT molecular complexity index is 825. The largest absolute Gasteiger partial charge is 0.462 e. The van der Waals surface area contributed by atoms with Crippen LogP contribution >= 0.6 is 0 Å². The summed E-state index contributed by atoms with van der Waals surface area (Å²) < 4.78 is 10.9. The molecule has 2 aromatic carbocycles. The molecule has 0 atom stereocenters. The maximum Gasteiger partial charge on any atom is 0.339 e. The van der Waals surface area contributed by atoms with Crippen LogP contribution in [-0.4, -0.2) is 25.2 Å². The molecule has 0 unspecified atom stereocenters. The van der Waals surface area contributed by atoms with E-state index in [1.807, 2.05) is 36.4 Å². The van der Waals surface area contributed by atoms with Gasteiger partial charge in [-0.25, -0.2) is 9.59 Å². The lowest BCUT2D eigenvalue weighted by Gasteiger charge is -2.10. The Morgan fingerprint density at radius 3 is 0.909 bits per heavy atom. The van der Waals surface area contributed by atoms with E-state index in [9.17, 15) is 9.59 Å². The first-order chi connectivity index (χ1) is 21.7. The van der Waals surface area contributed by atoms with Gasteiger partial charge in [-0.1, -0.05) is 191 Å². The van der Waals surface area contributed by atoms with Crippen molar-refractivity contribution in [3.8, 4) is 0 Å². The lowest BCUT2D eigenvalue weighted by molar-refractivity contribution is 0.0450. The molecule has 0 saturated heterocycles. The van der Waals surface area contributed by atoms with Crippen molar-refractivity contribution in [1.82, 2.24) is 0 Å². The number of unbranched alkanes of at least 4 members (excludes halogenated alkanes) is 20. The van der Waals surface area contributed by atoms with E-state index in [-0.39, 0.29) is 0 Å². The van der Waals surface area contributed by atoms with Crippen LogP contribution in [-0.2, 0) is 9.47 Å². The lowest BCUT2D eigenvalue weighted by atomic mass is 10.1. The summed E-state index contributed by atoms with van der Waals surface area (Å²) in [6.45, 7) is 5.31. The third kappa shape index (κ3) is 22.9. The Kier molecular flexibility index (Phi) is 27.2. The third-order valence-electron chi connectivity index (χ3n) is 8.00. The molecule has 4 nitrogen and oxygen atoms in total. The minimum Gasteiger partial charge on any atom is -0.462 e. The summed E-state index contributed by atoms with van der Waals surface area (Å²) >= 11 is 0. The molecule has 4 heteroatoms. The molecular weight excluding hydrogens is 544 g/mol. The minimum atomic E-state index is -0.431. The number of ether oxygens (including phenoxy) is 2. The van der Waals surface area contributed by atoms with Crippen LogP contribution in [0.25, 0.3) is 0 Å². The summed E-state index contributed by atoms with van der Waals surface area (Å²) in [5, 5.41) is 0. The Labute approximate surface area is 270 Å². The molecule has 0 radical (unpaired) electrons. The average molecular weight is 609 g/mol. The van der Waals surface area contributed by atoms with Gasteiger partial charge in [-0.15, -0.1) is 0 Å². The van der Waals surface area contributed by atoms with Gasteiger partial charge in [-0.2, -0.15) is 0 Å². The van der Waals surface area contributed by atoms with Gasteiger partial charge in [0.1, 0.15) is 0 Å². The van der Waals surface area contributed by atoms with Crippen molar-refractivity contribution in [3.63, 3.8) is 0 Å². The Morgan fingerprint density at radius 1 is 0.386 bits per heavy atom. The summed E-state index contributed by atoms with van der Waals surface area (Å²) in [5.41, 5.74) is 0.610. The van der Waals surface area contributed by atoms with Crippen molar-refractivity contribution < 1.29 is 19.1 Å². The number of carbonyl (C=O) groups is 2. The summed E-state index contributed by atoms with van der Waals surface area (Å²) in [4.78, 5) is 25.2. The number of carbonyl (C=O) groups excluding carboxylic acids is 2. The number of esters is 2. The fraction of sp³-hybridized carbons (Fsp3) is 0.650. The number of rotatable bonds is 26. The molecule has 0 spiro atoms. The van der Waals surface area contributed by atoms with Gasteiger partial charge < -0.3 is 9.47 Å². The molecule has 44 heavy (non-hydrogen) atoms. The topological polar surface area (TPSA) is 52.6 Å². The van der Waals surface area contributed by atoms with E-state index >= 15 is 0 Å². The van der Waals surface area contributed by atoms with E-state index in [2.05, 4.69) is 13.8 Å². The Hall–Kier alpha value is -2.62. The van der Waals surface area contributed by atoms with Crippen LogP contribution in [0.1, 0.15) is 176 Å². The molecule has 0 aliphatic carbocycles. The summed E-state index contributed by atoms with van der Waals surface area (Å²) in [5.74, 6) is -0.862. The van der Waals surface area contributed by atoms with Crippen LogP contribution in [0.3, 0.4) is 0 Å². The van der Waals surface area contributed by atoms with Crippen molar-refractivity contribution in [2.24, 2.45) is 0 Å². The first-order valence-corrected chi connectivity index (χ1v) is 18.1. The molecule has 0 aromatic heterocycles. The first kappa shape index (κ1) is 39.4. The highest BCUT2D eigenvalue weighted by Crippen LogP contribution is 2.15. The molecule has 0 fully saturated rings. The van der Waals surface area contributed by atoms with Crippen LogP contribution in [0, 0.1) is 0 Å². The molecule has 0 aliphatic rings. The highest BCUT2D eigenvalue weighted by Gasteiger charge is 2.18. The highest BCUT2D eigenvalue weighted by atomic mass is 16.5. The second-order valence-electron chi connectivity index (χ2n) is 12.0. The third-order valence-corrected chi connectivity index (χ3v) is 8.00. The van der Waals surface area contributed by atoms with Gasteiger partial charge in [0.2, 0.25) is 0 Å². The first-order valence-electron chi connectivity index (χ1n) is 18.1. The standard InChI is InChI=1S/C34H58O4.C6H6/c1-3-5-7-9-11-13-15-17-19-21-25-29-37-33(35)31-27-23-24-28-32(31)34(36)38-30-26-22-20-18-16-14-12-10-8-6-4-2;1-2-4-6-5-3-1/h23-24,27-28H,3-22,25-26,29-30H2,1-2H3;1-6H. The van der Waals surface area contributed by atoms with Gasteiger partial charge in [-0.3, -0.25) is 0 Å². The Balaban J connectivity index is 0.00000143. The van der Waals surface area contributed by atoms with E-state index in [1.54, 1.807) is 24.3 Å². The average Bonchev–Trinajstić information content (AvgIpc) is 3.06. The second kappa shape index (κ2) is 30.4. The molecule has 2 rings (SSSR count). The van der Waals surface area contributed by atoms with Gasteiger partial charge in [0.15, 0.2) is 0 Å². The smallest absolute Gasteiger partial charge is 0.339 e. The van der Waals surface area contributed by atoms with E-state index in [0.29, 0.717) is 24.3 Å². The number of hydrogen-bond acceptors (Lipinski definition) is 4. The van der Waals surface area contributed by atoms with E-state index in [1.165, 1.54) is 116 Å². The van der Waals surface area contributed by atoms with Crippen LogP contribution < -0.4 is 0 Å². The maximum atomic E-state index is 12.6. The van der Waals surface area contributed by atoms with Crippen molar-refractivity contribution in [1.29, 1.82) is 0 Å². The van der Waals surface area contributed by atoms with Crippen LogP contribution in [0.4, 0.5) is 0 Å². The van der Waals surface area contributed by atoms with Gasteiger partial charge in [0.25, 0.3) is 0 Å². The fourth-order valence-corrected chi connectivity index (χ4v) is 5.24.